The van der Waals surface area contributed by atoms with Crippen LogP contribution < -0.4 is 10.6 Å². The predicted molar refractivity (Wildman–Crippen MR) is 85.4 cm³/mol. The summed E-state index contributed by atoms with van der Waals surface area (Å²) in [7, 11) is 0. The van der Waals surface area contributed by atoms with Crippen LogP contribution in [0, 0.1) is 13.8 Å². The highest BCUT2D eigenvalue weighted by Crippen LogP contribution is 2.32. The summed E-state index contributed by atoms with van der Waals surface area (Å²) in [4.78, 5) is 7.56. The maximum Gasteiger partial charge on any atom is 0.433 e. The zero-order valence-electron chi connectivity index (χ0n) is 12.8. The smallest absolute Gasteiger partial charge is 0.354 e. The Balaban J connectivity index is 2.45. The van der Waals surface area contributed by atoms with Crippen LogP contribution in [0.3, 0.4) is 0 Å². The number of halogens is 4. The van der Waals surface area contributed by atoms with Crippen molar-refractivity contribution in [2.75, 3.05) is 17.2 Å². The largest absolute Gasteiger partial charge is 0.433 e. The molecule has 0 aliphatic rings. The fourth-order valence-electron chi connectivity index (χ4n) is 2.13. The lowest BCUT2D eigenvalue weighted by Gasteiger charge is -2.15. The Morgan fingerprint density at radius 1 is 1.09 bits per heavy atom. The summed E-state index contributed by atoms with van der Waals surface area (Å²) in [5.74, 6) is -0.00843. The fraction of sp³-hybridized carbons (Fsp3) is 0.333. The Bertz CT molecular complexity index is 693. The number of alkyl halides is 3. The summed E-state index contributed by atoms with van der Waals surface area (Å²) < 4.78 is 38.9. The second-order valence-corrected chi connectivity index (χ2v) is 5.47. The van der Waals surface area contributed by atoms with E-state index in [1.807, 2.05) is 13.8 Å². The van der Waals surface area contributed by atoms with Crippen LogP contribution in [0.25, 0.3) is 0 Å². The number of hydrogen-bond donors (Lipinski definition) is 2. The molecule has 8 heteroatoms. The van der Waals surface area contributed by atoms with Crippen molar-refractivity contribution in [3.05, 3.63) is 40.0 Å². The van der Waals surface area contributed by atoms with Crippen LogP contribution in [0.4, 0.5) is 30.6 Å². The third kappa shape index (κ3) is 4.25. The van der Waals surface area contributed by atoms with Crippen molar-refractivity contribution in [3.63, 3.8) is 0 Å². The Labute approximate surface area is 137 Å². The molecule has 0 unspecified atom stereocenters. The quantitative estimate of drug-likeness (QED) is 0.824. The molecule has 0 saturated heterocycles. The van der Waals surface area contributed by atoms with E-state index in [2.05, 4.69) is 20.6 Å². The van der Waals surface area contributed by atoms with Gasteiger partial charge in [-0.1, -0.05) is 11.6 Å². The first-order valence-corrected chi connectivity index (χ1v) is 7.32. The van der Waals surface area contributed by atoms with Crippen molar-refractivity contribution in [1.29, 1.82) is 0 Å². The van der Waals surface area contributed by atoms with Crippen LogP contribution in [0.1, 0.15) is 23.7 Å². The molecule has 1 aromatic carbocycles. The number of hydrogen-bond acceptors (Lipinski definition) is 4. The van der Waals surface area contributed by atoms with Gasteiger partial charge in [0.2, 0.25) is 5.95 Å². The monoisotopic (exact) mass is 344 g/mol. The van der Waals surface area contributed by atoms with Crippen LogP contribution in [-0.2, 0) is 6.18 Å². The maximum atomic E-state index is 13.0. The van der Waals surface area contributed by atoms with Crippen molar-refractivity contribution >= 4 is 29.1 Å². The lowest BCUT2D eigenvalue weighted by molar-refractivity contribution is -0.141. The molecule has 0 amide bonds. The molecule has 0 aliphatic heterocycles. The van der Waals surface area contributed by atoms with E-state index >= 15 is 0 Å². The SMILES string of the molecule is CCNc1nc(Nc2c(C)cc(Cl)cc2C)cc(C(F)(F)F)n1. The molecule has 23 heavy (non-hydrogen) atoms. The average Bonchev–Trinajstić information content (AvgIpc) is 2.42. The highest BCUT2D eigenvalue weighted by Gasteiger charge is 2.33. The second kappa shape index (κ2) is 6.62. The minimum atomic E-state index is -4.55. The van der Waals surface area contributed by atoms with Crippen LogP contribution >= 0.6 is 11.6 Å². The zero-order valence-corrected chi connectivity index (χ0v) is 13.6. The molecule has 2 aromatic rings. The summed E-state index contributed by atoms with van der Waals surface area (Å²) in [6.45, 7) is 5.81. The number of nitrogens with one attached hydrogen (secondary N) is 2. The molecule has 1 aromatic heterocycles. The average molecular weight is 345 g/mol. The van der Waals surface area contributed by atoms with Crippen molar-refractivity contribution < 1.29 is 13.2 Å². The predicted octanol–water partition coefficient (Wildman–Crippen LogP) is 4.94. The molecule has 0 bridgehead atoms. The standard InChI is InChI=1S/C15H16ClF3N4/c1-4-20-14-21-11(15(17,18)19)7-12(23-14)22-13-8(2)5-10(16)6-9(13)3/h5-7H,4H2,1-3H3,(H2,20,21,22,23). The lowest BCUT2D eigenvalue weighted by atomic mass is 10.1. The molecule has 124 valence electrons. The fourth-order valence-corrected chi connectivity index (χ4v) is 2.46. The highest BCUT2D eigenvalue weighted by atomic mass is 35.5. The van der Waals surface area contributed by atoms with Gasteiger partial charge < -0.3 is 10.6 Å². The summed E-state index contributed by atoms with van der Waals surface area (Å²) in [5.41, 5.74) is 1.29. The van der Waals surface area contributed by atoms with Gasteiger partial charge in [-0.15, -0.1) is 0 Å². The van der Waals surface area contributed by atoms with Gasteiger partial charge in [0, 0.05) is 23.3 Å². The van der Waals surface area contributed by atoms with Gasteiger partial charge in [0.1, 0.15) is 5.82 Å². The Morgan fingerprint density at radius 3 is 2.22 bits per heavy atom. The van der Waals surface area contributed by atoms with E-state index in [1.54, 1.807) is 19.1 Å². The first kappa shape index (κ1) is 17.3. The summed E-state index contributed by atoms with van der Waals surface area (Å²) >= 11 is 5.96. The third-order valence-corrected chi connectivity index (χ3v) is 3.32. The molecular weight excluding hydrogens is 329 g/mol. The van der Waals surface area contributed by atoms with Gasteiger partial charge in [0.25, 0.3) is 0 Å². The molecule has 1 heterocycles. The van der Waals surface area contributed by atoms with Crippen LogP contribution in [0.2, 0.25) is 5.02 Å². The number of aromatic nitrogens is 2. The van der Waals surface area contributed by atoms with E-state index in [4.69, 9.17) is 11.6 Å². The molecule has 2 N–H and O–H groups in total. The van der Waals surface area contributed by atoms with E-state index in [1.165, 1.54) is 0 Å². The van der Waals surface area contributed by atoms with E-state index in [9.17, 15) is 13.2 Å². The van der Waals surface area contributed by atoms with Gasteiger partial charge >= 0.3 is 6.18 Å². The number of aryl methyl sites for hydroxylation is 2. The number of benzene rings is 1. The first-order chi connectivity index (χ1) is 10.7. The van der Waals surface area contributed by atoms with E-state index in [0.717, 1.165) is 17.2 Å². The molecule has 0 aliphatic carbocycles. The first-order valence-electron chi connectivity index (χ1n) is 6.94. The second-order valence-electron chi connectivity index (χ2n) is 5.03. The molecule has 0 fully saturated rings. The summed E-state index contributed by atoms with van der Waals surface area (Å²) in [6, 6.07) is 4.34. The minimum absolute atomic E-state index is 0.0665. The molecular formula is C15H16ClF3N4. The van der Waals surface area contributed by atoms with Gasteiger partial charge in [-0.25, -0.2) is 4.98 Å². The van der Waals surface area contributed by atoms with Crippen molar-refractivity contribution in [1.82, 2.24) is 9.97 Å². The van der Waals surface area contributed by atoms with Gasteiger partial charge in [-0.2, -0.15) is 18.2 Å². The third-order valence-electron chi connectivity index (χ3n) is 3.10. The topological polar surface area (TPSA) is 49.8 Å². The Kier molecular flexibility index (Phi) is 4.99. The van der Waals surface area contributed by atoms with Gasteiger partial charge in [-0.05, 0) is 44.0 Å². The molecule has 4 nitrogen and oxygen atoms in total. The molecule has 0 saturated carbocycles. The van der Waals surface area contributed by atoms with E-state index in [-0.39, 0.29) is 11.8 Å². The van der Waals surface area contributed by atoms with Crippen LogP contribution in [-0.4, -0.2) is 16.5 Å². The summed E-state index contributed by atoms with van der Waals surface area (Å²) in [6.07, 6.45) is -4.55. The molecule has 0 radical (unpaired) electrons. The van der Waals surface area contributed by atoms with E-state index in [0.29, 0.717) is 17.3 Å². The van der Waals surface area contributed by atoms with Gasteiger partial charge in [0.15, 0.2) is 5.69 Å². The maximum absolute atomic E-state index is 13.0. The van der Waals surface area contributed by atoms with Crippen molar-refractivity contribution in [2.45, 2.75) is 26.9 Å². The van der Waals surface area contributed by atoms with Crippen molar-refractivity contribution in [3.8, 4) is 0 Å². The van der Waals surface area contributed by atoms with Crippen LogP contribution in [0.5, 0.6) is 0 Å². The number of anilines is 3. The Hall–Kier alpha value is -2.02. The molecule has 0 spiro atoms. The summed E-state index contributed by atoms with van der Waals surface area (Å²) in [5, 5.41) is 6.20. The Morgan fingerprint density at radius 2 is 1.70 bits per heavy atom. The van der Waals surface area contributed by atoms with Crippen LogP contribution in [0.15, 0.2) is 18.2 Å². The normalized spacial score (nSPS) is 11.4. The lowest BCUT2D eigenvalue weighted by Crippen LogP contribution is -2.13. The molecule has 0 atom stereocenters. The minimum Gasteiger partial charge on any atom is -0.354 e. The van der Waals surface area contributed by atoms with E-state index < -0.39 is 11.9 Å². The number of nitrogens with zero attached hydrogens (tertiary/aromatic N) is 2. The number of rotatable bonds is 4. The van der Waals surface area contributed by atoms with Gasteiger partial charge in [-0.3, -0.25) is 0 Å². The zero-order chi connectivity index (χ0) is 17.2. The highest BCUT2D eigenvalue weighted by molar-refractivity contribution is 6.30. The molecule has 2 rings (SSSR count). The van der Waals surface area contributed by atoms with Crippen molar-refractivity contribution in [2.24, 2.45) is 0 Å². The van der Waals surface area contributed by atoms with Gasteiger partial charge in [0.05, 0.1) is 0 Å².